The largest absolute Gasteiger partial charge is 0.465 e. The second-order valence-electron chi connectivity index (χ2n) is 3.31. The second-order valence-corrected chi connectivity index (χ2v) is 4.69. The standard InChI is InChI=1S/C12H10BrNO3/c1-7(13)11(15)10-8(6-14)4-3-5-9(10)12(16)17-2/h3-5,7H,1-2H3. The highest BCUT2D eigenvalue weighted by molar-refractivity contribution is 9.10. The van der Waals surface area contributed by atoms with Gasteiger partial charge >= 0.3 is 5.97 Å². The molecule has 0 aromatic heterocycles. The minimum absolute atomic E-state index is 0.103. The van der Waals surface area contributed by atoms with Gasteiger partial charge in [-0.15, -0.1) is 0 Å². The van der Waals surface area contributed by atoms with E-state index in [4.69, 9.17) is 5.26 Å². The number of hydrogen-bond donors (Lipinski definition) is 0. The van der Waals surface area contributed by atoms with Gasteiger partial charge < -0.3 is 4.74 Å². The maximum absolute atomic E-state index is 12.0. The summed E-state index contributed by atoms with van der Waals surface area (Å²) in [7, 11) is 1.23. The van der Waals surface area contributed by atoms with E-state index >= 15 is 0 Å². The Hall–Kier alpha value is -1.67. The molecule has 1 aromatic carbocycles. The average molecular weight is 296 g/mol. The fourth-order valence-corrected chi connectivity index (χ4v) is 1.62. The summed E-state index contributed by atoms with van der Waals surface area (Å²) in [5.74, 6) is -0.943. The maximum atomic E-state index is 12.0. The minimum Gasteiger partial charge on any atom is -0.465 e. The van der Waals surface area contributed by atoms with E-state index in [2.05, 4.69) is 20.7 Å². The molecule has 0 saturated heterocycles. The Bertz CT molecular complexity index is 503. The first kappa shape index (κ1) is 13.4. The van der Waals surface area contributed by atoms with Crippen molar-refractivity contribution in [2.75, 3.05) is 7.11 Å². The monoisotopic (exact) mass is 295 g/mol. The fraction of sp³-hybridized carbons (Fsp3) is 0.250. The summed E-state index contributed by atoms with van der Waals surface area (Å²) in [6.45, 7) is 1.64. The summed E-state index contributed by atoms with van der Waals surface area (Å²) in [6.07, 6.45) is 0. The highest BCUT2D eigenvalue weighted by atomic mass is 79.9. The summed E-state index contributed by atoms with van der Waals surface area (Å²) < 4.78 is 4.59. The van der Waals surface area contributed by atoms with Gasteiger partial charge in [-0.25, -0.2) is 4.79 Å². The highest BCUT2D eigenvalue weighted by Gasteiger charge is 2.23. The van der Waals surface area contributed by atoms with Gasteiger partial charge in [-0.1, -0.05) is 22.0 Å². The molecule has 0 amide bonds. The van der Waals surface area contributed by atoms with Crippen LogP contribution in [0.1, 0.15) is 33.2 Å². The molecular weight excluding hydrogens is 286 g/mol. The van der Waals surface area contributed by atoms with Gasteiger partial charge in [-0.2, -0.15) is 5.26 Å². The number of rotatable bonds is 3. The van der Waals surface area contributed by atoms with E-state index in [9.17, 15) is 9.59 Å². The molecule has 0 N–H and O–H groups in total. The summed E-state index contributed by atoms with van der Waals surface area (Å²) in [5, 5.41) is 8.96. The Labute approximate surface area is 107 Å². The van der Waals surface area contributed by atoms with Crippen LogP contribution in [-0.2, 0) is 4.74 Å². The van der Waals surface area contributed by atoms with E-state index < -0.39 is 10.8 Å². The number of carbonyl (C=O) groups excluding carboxylic acids is 2. The van der Waals surface area contributed by atoms with Gasteiger partial charge in [0.1, 0.15) is 0 Å². The van der Waals surface area contributed by atoms with Gasteiger partial charge in [0.25, 0.3) is 0 Å². The van der Waals surface area contributed by atoms with Gasteiger partial charge in [-0.05, 0) is 19.1 Å². The Morgan fingerprint density at radius 2 is 2.12 bits per heavy atom. The fourth-order valence-electron chi connectivity index (χ4n) is 1.39. The number of methoxy groups -OCH3 is 1. The van der Waals surface area contributed by atoms with Gasteiger partial charge in [0.05, 0.1) is 34.7 Å². The third-order valence-electron chi connectivity index (χ3n) is 2.20. The van der Waals surface area contributed by atoms with E-state index in [0.717, 1.165) is 0 Å². The summed E-state index contributed by atoms with van der Waals surface area (Å²) in [6, 6.07) is 6.41. The van der Waals surface area contributed by atoms with Crippen LogP contribution in [-0.4, -0.2) is 23.7 Å². The summed E-state index contributed by atoms with van der Waals surface area (Å²) in [5.41, 5.74) is 0.387. The van der Waals surface area contributed by atoms with Crippen molar-refractivity contribution in [3.63, 3.8) is 0 Å². The van der Waals surface area contributed by atoms with Gasteiger partial charge in [-0.3, -0.25) is 4.79 Å². The minimum atomic E-state index is -0.626. The third kappa shape index (κ3) is 2.71. The molecule has 1 rings (SSSR count). The lowest BCUT2D eigenvalue weighted by Crippen LogP contribution is -2.17. The number of nitrogens with zero attached hydrogens (tertiary/aromatic N) is 1. The van der Waals surface area contributed by atoms with E-state index in [1.54, 1.807) is 13.0 Å². The van der Waals surface area contributed by atoms with Crippen molar-refractivity contribution < 1.29 is 14.3 Å². The Kier molecular flexibility index (Phi) is 4.41. The number of alkyl halides is 1. The van der Waals surface area contributed by atoms with Crippen molar-refractivity contribution in [3.05, 3.63) is 34.9 Å². The van der Waals surface area contributed by atoms with Crippen LogP contribution in [0.15, 0.2) is 18.2 Å². The molecule has 5 heteroatoms. The number of halogens is 1. The Morgan fingerprint density at radius 3 is 2.59 bits per heavy atom. The summed E-state index contributed by atoms with van der Waals surface area (Å²) in [4.78, 5) is 23.0. The molecule has 88 valence electrons. The van der Waals surface area contributed by atoms with Gasteiger partial charge in [0, 0.05) is 0 Å². The number of ketones is 1. The van der Waals surface area contributed by atoms with Crippen LogP contribution in [0.25, 0.3) is 0 Å². The number of carbonyl (C=O) groups is 2. The van der Waals surface area contributed by atoms with Crippen LogP contribution in [0.4, 0.5) is 0 Å². The molecule has 0 spiro atoms. The Balaban J connectivity index is 3.47. The smallest absolute Gasteiger partial charge is 0.338 e. The molecule has 0 fully saturated rings. The predicted octanol–water partition coefficient (Wildman–Crippen LogP) is 2.31. The lowest BCUT2D eigenvalue weighted by Gasteiger charge is -2.09. The SMILES string of the molecule is COC(=O)c1cccc(C#N)c1C(=O)C(C)Br. The van der Waals surface area contributed by atoms with Crippen LogP contribution in [0.5, 0.6) is 0 Å². The zero-order valence-electron chi connectivity index (χ0n) is 9.36. The van der Waals surface area contributed by atoms with Crippen LogP contribution >= 0.6 is 15.9 Å². The number of hydrogen-bond acceptors (Lipinski definition) is 4. The number of ether oxygens (including phenoxy) is 1. The van der Waals surface area contributed by atoms with E-state index in [-0.39, 0.29) is 22.5 Å². The van der Waals surface area contributed by atoms with Crippen molar-refractivity contribution in [2.24, 2.45) is 0 Å². The maximum Gasteiger partial charge on any atom is 0.338 e. The van der Waals surface area contributed by atoms with Crippen molar-refractivity contribution in [3.8, 4) is 6.07 Å². The Morgan fingerprint density at radius 1 is 1.47 bits per heavy atom. The number of esters is 1. The molecular formula is C12H10BrNO3. The zero-order valence-corrected chi connectivity index (χ0v) is 10.9. The van der Waals surface area contributed by atoms with E-state index in [1.165, 1.54) is 19.2 Å². The van der Waals surface area contributed by atoms with Crippen LogP contribution in [0, 0.1) is 11.3 Å². The predicted molar refractivity (Wildman–Crippen MR) is 65.2 cm³/mol. The molecule has 1 atom stereocenters. The van der Waals surface area contributed by atoms with Crippen molar-refractivity contribution in [2.45, 2.75) is 11.8 Å². The molecule has 1 aromatic rings. The second kappa shape index (κ2) is 5.60. The van der Waals surface area contributed by atoms with Crippen molar-refractivity contribution in [1.82, 2.24) is 0 Å². The first-order valence-corrected chi connectivity index (χ1v) is 5.74. The topological polar surface area (TPSA) is 67.2 Å². The molecule has 0 aliphatic rings. The third-order valence-corrected chi connectivity index (χ3v) is 2.61. The van der Waals surface area contributed by atoms with Gasteiger partial charge in [0.2, 0.25) is 0 Å². The van der Waals surface area contributed by atoms with Crippen LogP contribution in [0.3, 0.4) is 0 Å². The molecule has 17 heavy (non-hydrogen) atoms. The molecule has 0 aliphatic heterocycles. The normalized spacial score (nSPS) is 11.4. The quantitative estimate of drug-likeness (QED) is 0.487. The molecule has 4 nitrogen and oxygen atoms in total. The highest BCUT2D eigenvalue weighted by Crippen LogP contribution is 2.20. The van der Waals surface area contributed by atoms with E-state index in [0.29, 0.717) is 0 Å². The number of benzene rings is 1. The van der Waals surface area contributed by atoms with Crippen LogP contribution in [0.2, 0.25) is 0 Å². The lowest BCUT2D eigenvalue weighted by molar-refractivity contribution is 0.0597. The van der Waals surface area contributed by atoms with Gasteiger partial charge in [0.15, 0.2) is 5.78 Å². The number of nitriles is 1. The molecule has 0 bridgehead atoms. The zero-order chi connectivity index (χ0) is 13.0. The molecule has 1 unspecified atom stereocenters. The first-order chi connectivity index (χ1) is 8.02. The van der Waals surface area contributed by atoms with E-state index in [1.807, 2.05) is 6.07 Å². The number of Topliss-reactive ketones (excluding diaryl/α,β-unsaturated/α-hetero) is 1. The molecule has 0 aliphatic carbocycles. The van der Waals surface area contributed by atoms with Crippen molar-refractivity contribution in [1.29, 1.82) is 5.26 Å². The van der Waals surface area contributed by atoms with Crippen molar-refractivity contribution >= 4 is 27.7 Å². The average Bonchev–Trinajstić information content (AvgIpc) is 2.35. The molecule has 0 heterocycles. The summed E-state index contributed by atoms with van der Waals surface area (Å²) >= 11 is 3.13. The molecule has 0 radical (unpaired) electrons. The lowest BCUT2D eigenvalue weighted by atomic mass is 9.96. The first-order valence-electron chi connectivity index (χ1n) is 4.82. The molecule has 0 saturated carbocycles. The van der Waals surface area contributed by atoms with Crippen LogP contribution < -0.4 is 0 Å².